The Labute approximate surface area is 163 Å². The van der Waals surface area contributed by atoms with E-state index < -0.39 is 6.10 Å². The van der Waals surface area contributed by atoms with Crippen molar-refractivity contribution in [3.8, 4) is 23.0 Å². The number of benzene rings is 2. The predicted octanol–water partition coefficient (Wildman–Crippen LogP) is 3.00. The van der Waals surface area contributed by atoms with E-state index in [0.29, 0.717) is 23.0 Å². The van der Waals surface area contributed by atoms with Gasteiger partial charge in [-0.1, -0.05) is 26.8 Å². The van der Waals surface area contributed by atoms with Crippen molar-refractivity contribution in [3.63, 3.8) is 0 Å². The zero-order valence-corrected chi connectivity index (χ0v) is 16.0. The van der Waals surface area contributed by atoms with E-state index in [-0.39, 0.29) is 24.7 Å². The minimum atomic E-state index is -0.767. The number of hydrogen-bond acceptors (Lipinski definition) is 6. The second-order valence-electron chi connectivity index (χ2n) is 7.68. The third-order valence-electron chi connectivity index (χ3n) is 4.55. The number of ether oxygens (including phenoxy) is 4. The van der Waals surface area contributed by atoms with Gasteiger partial charge in [0.1, 0.15) is 6.61 Å². The fourth-order valence-electron chi connectivity index (χ4n) is 2.90. The van der Waals surface area contributed by atoms with Crippen molar-refractivity contribution in [2.24, 2.45) is 5.10 Å². The largest absolute Gasteiger partial charge is 0.485 e. The Morgan fingerprint density at radius 1 is 1.04 bits per heavy atom. The summed E-state index contributed by atoms with van der Waals surface area (Å²) in [6.07, 6.45) is 0.770. The van der Waals surface area contributed by atoms with Gasteiger partial charge >= 0.3 is 0 Å². The van der Waals surface area contributed by atoms with Crippen LogP contribution in [0.3, 0.4) is 0 Å². The van der Waals surface area contributed by atoms with Crippen LogP contribution in [0, 0.1) is 0 Å². The Morgan fingerprint density at radius 2 is 1.79 bits per heavy atom. The summed E-state index contributed by atoms with van der Waals surface area (Å²) in [7, 11) is 0. The Morgan fingerprint density at radius 3 is 2.61 bits per heavy atom. The Bertz CT molecular complexity index is 933. The van der Waals surface area contributed by atoms with Crippen molar-refractivity contribution < 1.29 is 23.7 Å². The molecule has 2 aromatic rings. The van der Waals surface area contributed by atoms with Gasteiger partial charge in [-0.2, -0.15) is 5.10 Å². The third kappa shape index (κ3) is 3.74. The first-order valence-corrected chi connectivity index (χ1v) is 9.07. The lowest BCUT2D eigenvalue weighted by atomic mass is 9.87. The molecule has 4 rings (SSSR count). The summed E-state index contributed by atoms with van der Waals surface area (Å²) in [4.78, 5) is 12.4. The minimum absolute atomic E-state index is 0.0253. The number of hydrogen-bond donors (Lipinski definition) is 1. The average Bonchev–Trinajstić information content (AvgIpc) is 3.14. The van der Waals surface area contributed by atoms with Crippen molar-refractivity contribution in [2.45, 2.75) is 32.3 Å². The topological polar surface area (TPSA) is 78.4 Å². The van der Waals surface area contributed by atoms with E-state index in [1.807, 2.05) is 24.3 Å². The highest BCUT2D eigenvalue weighted by Crippen LogP contribution is 2.36. The molecule has 146 valence electrons. The molecule has 0 spiro atoms. The molecule has 0 aliphatic carbocycles. The van der Waals surface area contributed by atoms with E-state index >= 15 is 0 Å². The molecular formula is C21H22N2O5. The van der Waals surface area contributed by atoms with Gasteiger partial charge in [0, 0.05) is 0 Å². The predicted molar refractivity (Wildman–Crippen MR) is 103 cm³/mol. The van der Waals surface area contributed by atoms with Crippen molar-refractivity contribution in [2.75, 3.05) is 13.4 Å². The number of nitrogens with zero attached hydrogens (tertiary/aromatic N) is 1. The van der Waals surface area contributed by atoms with Gasteiger partial charge in [0.25, 0.3) is 5.91 Å². The maximum atomic E-state index is 12.4. The van der Waals surface area contributed by atoms with Gasteiger partial charge in [-0.3, -0.25) is 4.79 Å². The van der Waals surface area contributed by atoms with Crippen LogP contribution in [0.5, 0.6) is 23.0 Å². The third-order valence-corrected chi connectivity index (χ3v) is 4.55. The normalized spacial score (nSPS) is 17.6. The highest BCUT2D eigenvalue weighted by Gasteiger charge is 2.28. The summed E-state index contributed by atoms with van der Waals surface area (Å²) >= 11 is 0. The number of hydrazone groups is 1. The van der Waals surface area contributed by atoms with E-state index in [9.17, 15) is 4.79 Å². The Kier molecular flexibility index (Phi) is 4.58. The zero-order chi connectivity index (χ0) is 19.7. The molecule has 2 aromatic carbocycles. The van der Waals surface area contributed by atoms with E-state index in [1.54, 1.807) is 12.1 Å². The molecule has 0 unspecified atom stereocenters. The molecule has 1 atom stereocenters. The van der Waals surface area contributed by atoms with Crippen LogP contribution in [-0.2, 0) is 10.2 Å². The molecule has 7 nitrogen and oxygen atoms in total. The standard InChI is InChI=1S/C21H22N2O5/c1-21(2,3)14-5-7-16-18(9-14)28-19(11-25-16)20(24)23-22-10-13-4-6-15-17(8-13)27-12-26-15/h4-10,19H,11-12H2,1-3H3,(H,23,24)/b22-10+/t19-/m1/s1. The molecule has 2 aliphatic rings. The lowest BCUT2D eigenvalue weighted by molar-refractivity contribution is -0.130. The van der Waals surface area contributed by atoms with Crippen molar-refractivity contribution >= 4 is 12.1 Å². The van der Waals surface area contributed by atoms with Crippen molar-refractivity contribution in [1.82, 2.24) is 5.43 Å². The van der Waals surface area contributed by atoms with E-state index in [2.05, 4.69) is 31.3 Å². The molecule has 28 heavy (non-hydrogen) atoms. The number of fused-ring (bicyclic) bond motifs is 2. The number of carbonyl (C=O) groups excluding carboxylic acids is 1. The second-order valence-corrected chi connectivity index (χ2v) is 7.68. The maximum Gasteiger partial charge on any atom is 0.284 e. The molecule has 0 saturated heterocycles. The fraction of sp³-hybridized carbons (Fsp3) is 0.333. The summed E-state index contributed by atoms with van der Waals surface area (Å²) < 4.78 is 22.1. The fourth-order valence-corrected chi connectivity index (χ4v) is 2.90. The Hall–Kier alpha value is -3.22. The first-order valence-electron chi connectivity index (χ1n) is 9.07. The maximum absolute atomic E-state index is 12.4. The molecule has 0 radical (unpaired) electrons. The lowest BCUT2D eigenvalue weighted by Gasteiger charge is -2.27. The average molecular weight is 382 g/mol. The van der Waals surface area contributed by atoms with Gasteiger partial charge in [0.05, 0.1) is 6.21 Å². The van der Waals surface area contributed by atoms with Gasteiger partial charge in [-0.05, 0) is 46.9 Å². The van der Waals surface area contributed by atoms with Crippen LogP contribution in [0.2, 0.25) is 0 Å². The molecule has 1 N–H and O–H groups in total. The van der Waals surface area contributed by atoms with Crippen LogP contribution in [-0.4, -0.2) is 31.6 Å². The molecular weight excluding hydrogens is 360 g/mol. The highest BCUT2D eigenvalue weighted by atomic mass is 16.7. The lowest BCUT2D eigenvalue weighted by Crippen LogP contribution is -2.42. The van der Waals surface area contributed by atoms with E-state index in [4.69, 9.17) is 18.9 Å². The van der Waals surface area contributed by atoms with Crippen LogP contribution >= 0.6 is 0 Å². The van der Waals surface area contributed by atoms with Gasteiger partial charge < -0.3 is 18.9 Å². The van der Waals surface area contributed by atoms with Gasteiger partial charge in [-0.15, -0.1) is 0 Å². The molecule has 2 heterocycles. The van der Waals surface area contributed by atoms with Crippen molar-refractivity contribution in [1.29, 1.82) is 0 Å². The SMILES string of the molecule is CC(C)(C)c1ccc2c(c1)O[C@@H](C(=O)N/N=C/c1ccc3c(c1)OCO3)CO2. The van der Waals surface area contributed by atoms with Crippen LogP contribution in [0.15, 0.2) is 41.5 Å². The van der Waals surface area contributed by atoms with Crippen LogP contribution in [0.4, 0.5) is 0 Å². The van der Waals surface area contributed by atoms with Crippen molar-refractivity contribution in [3.05, 3.63) is 47.5 Å². The minimum Gasteiger partial charge on any atom is -0.485 e. The van der Waals surface area contributed by atoms with Gasteiger partial charge in [-0.25, -0.2) is 5.43 Å². The van der Waals surface area contributed by atoms with E-state index in [0.717, 1.165) is 11.1 Å². The summed E-state index contributed by atoms with van der Waals surface area (Å²) in [6.45, 7) is 6.70. The number of nitrogens with one attached hydrogen (secondary N) is 1. The molecule has 2 aliphatic heterocycles. The monoisotopic (exact) mass is 382 g/mol. The first-order chi connectivity index (χ1) is 13.4. The molecule has 0 aromatic heterocycles. The second kappa shape index (κ2) is 7.07. The summed E-state index contributed by atoms with van der Waals surface area (Å²) in [5, 5.41) is 4.00. The Balaban J connectivity index is 1.39. The quantitative estimate of drug-likeness (QED) is 0.652. The molecule has 0 saturated carbocycles. The zero-order valence-electron chi connectivity index (χ0n) is 16.0. The highest BCUT2D eigenvalue weighted by molar-refractivity contribution is 5.85. The number of amides is 1. The molecule has 0 fully saturated rings. The summed E-state index contributed by atoms with van der Waals surface area (Å²) in [5.41, 5.74) is 4.36. The molecule has 7 heteroatoms. The summed E-state index contributed by atoms with van der Waals surface area (Å²) in [6, 6.07) is 11.2. The first kappa shape index (κ1) is 18.2. The number of carbonyl (C=O) groups is 1. The molecule has 0 bridgehead atoms. The van der Waals surface area contributed by atoms with Crippen LogP contribution in [0.25, 0.3) is 0 Å². The van der Waals surface area contributed by atoms with Gasteiger partial charge in [0.15, 0.2) is 23.0 Å². The smallest absolute Gasteiger partial charge is 0.284 e. The molecule has 1 amide bonds. The van der Waals surface area contributed by atoms with Crippen LogP contribution in [0.1, 0.15) is 31.9 Å². The summed E-state index contributed by atoms with van der Waals surface area (Å²) in [5.74, 6) is 2.19. The number of rotatable bonds is 3. The van der Waals surface area contributed by atoms with E-state index in [1.165, 1.54) is 6.21 Å². The van der Waals surface area contributed by atoms with Gasteiger partial charge in [0.2, 0.25) is 12.9 Å². The van der Waals surface area contributed by atoms with Crippen LogP contribution < -0.4 is 24.4 Å².